The van der Waals surface area contributed by atoms with E-state index >= 15 is 0 Å². The first kappa shape index (κ1) is 19.7. The Labute approximate surface area is 166 Å². The lowest BCUT2D eigenvalue weighted by molar-refractivity contribution is -0.121. The fourth-order valence-electron chi connectivity index (χ4n) is 2.84. The quantitative estimate of drug-likeness (QED) is 0.542. The van der Waals surface area contributed by atoms with Gasteiger partial charge in [-0.15, -0.1) is 0 Å². The van der Waals surface area contributed by atoms with Crippen LogP contribution in [0.15, 0.2) is 67.0 Å². The summed E-state index contributed by atoms with van der Waals surface area (Å²) in [6, 6.07) is 18.0. The van der Waals surface area contributed by atoms with E-state index in [1.54, 1.807) is 0 Å². The first-order chi connectivity index (χ1) is 13.7. The van der Waals surface area contributed by atoms with E-state index in [0.29, 0.717) is 26.0 Å². The summed E-state index contributed by atoms with van der Waals surface area (Å²) in [6.45, 7) is 3.40. The summed E-state index contributed by atoms with van der Waals surface area (Å²) in [5, 5.41) is 7.34. The molecular formula is C23H27N3O2. The second-order valence-electron chi connectivity index (χ2n) is 6.85. The third-order valence-corrected chi connectivity index (χ3v) is 4.48. The van der Waals surface area contributed by atoms with Crippen LogP contribution in [0.5, 0.6) is 5.75 Å². The lowest BCUT2D eigenvalue weighted by Crippen LogP contribution is -2.24. The molecule has 0 aliphatic carbocycles. The Morgan fingerprint density at radius 2 is 1.86 bits per heavy atom. The lowest BCUT2D eigenvalue weighted by Gasteiger charge is -2.07. The molecule has 0 saturated heterocycles. The lowest BCUT2D eigenvalue weighted by atomic mass is 10.2. The predicted octanol–water partition coefficient (Wildman–Crippen LogP) is 4.09. The fraction of sp³-hybridized carbons (Fsp3) is 0.304. The van der Waals surface area contributed by atoms with Gasteiger partial charge in [0.2, 0.25) is 5.91 Å². The molecule has 146 valence electrons. The highest BCUT2D eigenvalue weighted by molar-refractivity contribution is 5.76. The Morgan fingerprint density at radius 3 is 2.64 bits per heavy atom. The van der Waals surface area contributed by atoms with Crippen molar-refractivity contribution >= 4 is 5.91 Å². The van der Waals surface area contributed by atoms with Gasteiger partial charge < -0.3 is 10.1 Å². The van der Waals surface area contributed by atoms with Gasteiger partial charge in [0, 0.05) is 19.2 Å². The first-order valence-electron chi connectivity index (χ1n) is 9.76. The maximum absolute atomic E-state index is 12.0. The van der Waals surface area contributed by atoms with Gasteiger partial charge >= 0.3 is 0 Å². The van der Waals surface area contributed by atoms with Gasteiger partial charge in [-0.05, 0) is 56.0 Å². The van der Waals surface area contributed by atoms with Crippen molar-refractivity contribution in [2.75, 3.05) is 13.2 Å². The average Bonchev–Trinajstić information content (AvgIpc) is 3.20. The Bertz CT molecular complexity index is 857. The van der Waals surface area contributed by atoms with Crippen LogP contribution in [0.3, 0.4) is 0 Å². The van der Waals surface area contributed by atoms with Crippen molar-refractivity contribution in [1.82, 2.24) is 15.1 Å². The number of para-hydroxylation sites is 1. The van der Waals surface area contributed by atoms with E-state index in [4.69, 9.17) is 4.74 Å². The van der Waals surface area contributed by atoms with Crippen molar-refractivity contribution in [1.29, 1.82) is 0 Å². The van der Waals surface area contributed by atoms with E-state index in [9.17, 15) is 4.79 Å². The van der Waals surface area contributed by atoms with Crippen molar-refractivity contribution in [3.8, 4) is 11.4 Å². The molecule has 0 unspecified atom stereocenters. The van der Waals surface area contributed by atoms with Crippen molar-refractivity contribution in [2.45, 2.75) is 32.6 Å². The Kier molecular flexibility index (Phi) is 7.24. The standard InChI is InChI=1S/C23H27N3O2/c1-19-9-12-22(13-10-19)28-16-6-5-15-24-23(27)14-11-20-17-25-26(18-20)21-7-3-2-4-8-21/h2-4,7-10,12-13,17-18H,5-6,11,14-16H2,1H3,(H,24,27). The van der Waals surface area contributed by atoms with Crippen LogP contribution >= 0.6 is 0 Å². The summed E-state index contributed by atoms with van der Waals surface area (Å²) in [6.07, 6.45) is 6.78. The maximum Gasteiger partial charge on any atom is 0.220 e. The van der Waals surface area contributed by atoms with Gasteiger partial charge in [0.25, 0.3) is 0 Å². The van der Waals surface area contributed by atoms with E-state index in [2.05, 4.69) is 17.3 Å². The summed E-state index contributed by atoms with van der Waals surface area (Å²) < 4.78 is 7.52. The van der Waals surface area contributed by atoms with Crippen molar-refractivity contribution in [3.63, 3.8) is 0 Å². The van der Waals surface area contributed by atoms with Crippen LogP contribution in [-0.2, 0) is 11.2 Å². The van der Waals surface area contributed by atoms with Crippen LogP contribution in [-0.4, -0.2) is 28.8 Å². The predicted molar refractivity (Wildman–Crippen MR) is 111 cm³/mol. The van der Waals surface area contributed by atoms with Gasteiger partial charge in [-0.1, -0.05) is 35.9 Å². The zero-order valence-electron chi connectivity index (χ0n) is 16.3. The number of nitrogens with zero attached hydrogens (tertiary/aromatic N) is 2. The number of hydrogen-bond acceptors (Lipinski definition) is 3. The largest absolute Gasteiger partial charge is 0.494 e. The number of aromatic nitrogens is 2. The highest BCUT2D eigenvalue weighted by Crippen LogP contribution is 2.12. The molecule has 0 aliphatic heterocycles. The first-order valence-corrected chi connectivity index (χ1v) is 9.76. The number of carbonyl (C=O) groups excluding carboxylic acids is 1. The second-order valence-corrected chi connectivity index (χ2v) is 6.85. The summed E-state index contributed by atoms with van der Waals surface area (Å²) in [7, 11) is 0. The molecule has 2 aromatic carbocycles. The number of amides is 1. The number of unbranched alkanes of at least 4 members (excludes halogenated alkanes) is 1. The van der Waals surface area contributed by atoms with E-state index in [1.165, 1.54) is 5.56 Å². The van der Waals surface area contributed by atoms with Crippen molar-refractivity contribution < 1.29 is 9.53 Å². The minimum atomic E-state index is 0.0758. The Hall–Kier alpha value is -3.08. The van der Waals surface area contributed by atoms with Gasteiger partial charge in [-0.2, -0.15) is 5.10 Å². The highest BCUT2D eigenvalue weighted by atomic mass is 16.5. The molecule has 0 saturated carbocycles. The second kappa shape index (κ2) is 10.3. The smallest absolute Gasteiger partial charge is 0.220 e. The topological polar surface area (TPSA) is 56.1 Å². The Morgan fingerprint density at radius 1 is 1.07 bits per heavy atom. The number of carbonyl (C=O) groups is 1. The van der Waals surface area contributed by atoms with Crippen LogP contribution in [0.2, 0.25) is 0 Å². The summed E-state index contributed by atoms with van der Waals surface area (Å²) in [5.41, 5.74) is 3.30. The van der Waals surface area contributed by atoms with Crippen LogP contribution < -0.4 is 10.1 Å². The van der Waals surface area contributed by atoms with Gasteiger partial charge in [0.1, 0.15) is 5.75 Å². The molecule has 0 radical (unpaired) electrons. The number of hydrogen-bond donors (Lipinski definition) is 1. The minimum Gasteiger partial charge on any atom is -0.494 e. The highest BCUT2D eigenvalue weighted by Gasteiger charge is 2.05. The zero-order valence-corrected chi connectivity index (χ0v) is 16.3. The van der Waals surface area contributed by atoms with E-state index in [-0.39, 0.29) is 5.91 Å². The fourth-order valence-corrected chi connectivity index (χ4v) is 2.84. The van der Waals surface area contributed by atoms with Crippen LogP contribution in [0.1, 0.15) is 30.4 Å². The van der Waals surface area contributed by atoms with Crippen molar-refractivity contribution in [3.05, 3.63) is 78.1 Å². The van der Waals surface area contributed by atoms with Gasteiger partial charge in [0.05, 0.1) is 18.5 Å². The van der Waals surface area contributed by atoms with Crippen molar-refractivity contribution in [2.24, 2.45) is 0 Å². The van der Waals surface area contributed by atoms with E-state index in [1.807, 2.05) is 71.7 Å². The van der Waals surface area contributed by atoms with E-state index in [0.717, 1.165) is 29.8 Å². The molecule has 5 heteroatoms. The molecule has 1 N–H and O–H groups in total. The van der Waals surface area contributed by atoms with Crippen LogP contribution in [0.25, 0.3) is 5.69 Å². The number of rotatable bonds is 10. The number of nitrogens with one attached hydrogen (secondary N) is 1. The molecule has 0 spiro atoms. The molecule has 3 aromatic rings. The zero-order chi connectivity index (χ0) is 19.6. The van der Waals surface area contributed by atoms with Crippen LogP contribution in [0, 0.1) is 6.92 Å². The average molecular weight is 377 g/mol. The molecule has 1 aromatic heterocycles. The third kappa shape index (κ3) is 6.27. The third-order valence-electron chi connectivity index (χ3n) is 4.48. The molecule has 28 heavy (non-hydrogen) atoms. The monoisotopic (exact) mass is 377 g/mol. The molecule has 0 aliphatic rings. The molecule has 1 amide bonds. The summed E-state index contributed by atoms with van der Waals surface area (Å²) >= 11 is 0. The molecule has 3 rings (SSSR count). The number of ether oxygens (including phenoxy) is 1. The van der Waals surface area contributed by atoms with Gasteiger partial charge in [0.15, 0.2) is 0 Å². The maximum atomic E-state index is 12.0. The summed E-state index contributed by atoms with van der Waals surface area (Å²) in [4.78, 5) is 12.0. The molecular weight excluding hydrogens is 350 g/mol. The number of aryl methyl sites for hydroxylation is 2. The molecule has 0 bridgehead atoms. The SMILES string of the molecule is Cc1ccc(OCCCCNC(=O)CCc2cnn(-c3ccccc3)c2)cc1. The number of benzene rings is 2. The minimum absolute atomic E-state index is 0.0758. The summed E-state index contributed by atoms with van der Waals surface area (Å²) in [5.74, 6) is 0.970. The molecule has 0 fully saturated rings. The molecule has 0 atom stereocenters. The van der Waals surface area contributed by atoms with Gasteiger partial charge in [-0.25, -0.2) is 4.68 Å². The van der Waals surface area contributed by atoms with E-state index < -0.39 is 0 Å². The van der Waals surface area contributed by atoms with Crippen LogP contribution in [0.4, 0.5) is 0 Å². The normalized spacial score (nSPS) is 10.6. The molecule has 5 nitrogen and oxygen atoms in total. The Balaban J connectivity index is 1.28. The molecule has 1 heterocycles. The van der Waals surface area contributed by atoms with Gasteiger partial charge in [-0.3, -0.25) is 4.79 Å².